The fourth-order valence-corrected chi connectivity index (χ4v) is 2.42. The van der Waals surface area contributed by atoms with Crippen molar-refractivity contribution in [3.63, 3.8) is 0 Å². The average Bonchev–Trinajstić information content (AvgIpc) is 2.75. The number of rotatable bonds is 4. The van der Waals surface area contributed by atoms with E-state index < -0.39 is 0 Å². The van der Waals surface area contributed by atoms with Gasteiger partial charge < -0.3 is 9.88 Å². The maximum Gasteiger partial charge on any atom is 0.197 e. The molecular weight excluding hydrogens is 270 g/mol. The highest BCUT2D eigenvalue weighted by atomic mass is 32.2. The quantitative estimate of drug-likeness (QED) is 0.938. The SMILES string of the molecule is Cc1cc(CNC(C)(C)C)cnc1Sc1nncn1C. The number of nitrogens with zero attached hydrogens (tertiary/aromatic N) is 4. The third-order valence-electron chi connectivity index (χ3n) is 2.77. The van der Waals surface area contributed by atoms with E-state index in [0.29, 0.717) is 0 Å². The second-order valence-electron chi connectivity index (χ2n) is 5.90. The molecule has 0 bridgehead atoms. The number of hydrogen-bond donors (Lipinski definition) is 1. The van der Waals surface area contributed by atoms with Crippen LogP contribution >= 0.6 is 11.8 Å². The smallest absolute Gasteiger partial charge is 0.197 e. The van der Waals surface area contributed by atoms with Gasteiger partial charge in [0.05, 0.1) is 0 Å². The first-order valence-electron chi connectivity index (χ1n) is 6.57. The molecule has 0 saturated heterocycles. The summed E-state index contributed by atoms with van der Waals surface area (Å²) >= 11 is 1.54. The van der Waals surface area contributed by atoms with Gasteiger partial charge in [-0.1, -0.05) is 6.07 Å². The number of nitrogens with one attached hydrogen (secondary N) is 1. The Morgan fingerprint density at radius 3 is 2.65 bits per heavy atom. The highest BCUT2D eigenvalue weighted by Crippen LogP contribution is 2.26. The Morgan fingerprint density at radius 1 is 1.35 bits per heavy atom. The topological polar surface area (TPSA) is 55.6 Å². The van der Waals surface area contributed by atoms with Crippen LogP contribution in [-0.2, 0) is 13.6 Å². The Bertz CT molecular complexity index is 585. The molecule has 2 aromatic rings. The summed E-state index contributed by atoms with van der Waals surface area (Å²) in [6.45, 7) is 9.38. The largest absolute Gasteiger partial charge is 0.311 e. The summed E-state index contributed by atoms with van der Waals surface area (Å²) in [5, 5.41) is 13.2. The van der Waals surface area contributed by atoms with E-state index in [9.17, 15) is 0 Å². The first-order valence-corrected chi connectivity index (χ1v) is 7.39. The summed E-state index contributed by atoms with van der Waals surface area (Å²) in [7, 11) is 1.93. The lowest BCUT2D eigenvalue weighted by Crippen LogP contribution is -2.35. The Balaban J connectivity index is 2.08. The van der Waals surface area contributed by atoms with Crippen molar-refractivity contribution in [1.82, 2.24) is 25.1 Å². The zero-order chi connectivity index (χ0) is 14.8. The van der Waals surface area contributed by atoms with E-state index in [4.69, 9.17) is 0 Å². The molecule has 0 fully saturated rings. The van der Waals surface area contributed by atoms with E-state index in [-0.39, 0.29) is 5.54 Å². The molecule has 2 aromatic heterocycles. The lowest BCUT2D eigenvalue weighted by atomic mass is 10.1. The number of aromatic nitrogens is 4. The molecule has 0 atom stereocenters. The molecule has 6 heteroatoms. The molecule has 0 aliphatic heterocycles. The molecule has 5 nitrogen and oxygen atoms in total. The van der Waals surface area contributed by atoms with Crippen molar-refractivity contribution in [2.45, 2.75) is 50.0 Å². The minimum Gasteiger partial charge on any atom is -0.311 e. The fraction of sp³-hybridized carbons (Fsp3) is 0.500. The van der Waals surface area contributed by atoms with Crippen molar-refractivity contribution >= 4 is 11.8 Å². The van der Waals surface area contributed by atoms with Crippen LogP contribution in [0.3, 0.4) is 0 Å². The molecule has 0 aliphatic rings. The van der Waals surface area contributed by atoms with E-state index in [2.05, 4.69) is 54.3 Å². The highest BCUT2D eigenvalue weighted by molar-refractivity contribution is 7.99. The van der Waals surface area contributed by atoms with Gasteiger partial charge in [0, 0.05) is 25.3 Å². The van der Waals surface area contributed by atoms with Crippen molar-refractivity contribution in [3.05, 3.63) is 29.7 Å². The van der Waals surface area contributed by atoms with Crippen molar-refractivity contribution < 1.29 is 0 Å². The molecule has 0 radical (unpaired) electrons. The summed E-state index contributed by atoms with van der Waals surface area (Å²) < 4.78 is 1.89. The van der Waals surface area contributed by atoms with E-state index >= 15 is 0 Å². The number of aryl methyl sites for hydroxylation is 2. The predicted octanol–water partition coefficient (Wildman–Crippen LogP) is 2.56. The van der Waals surface area contributed by atoms with E-state index in [1.54, 1.807) is 6.33 Å². The van der Waals surface area contributed by atoms with Gasteiger partial charge in [0.25, 0.3) is 0 Å². The molecular formula is C14H21N5S. The lowest BCUT2D eigenvalue weighted by molar-refractivity contribution is 0.424. The van der Waals surface area contributed by atoms with E-state index in [0.717, 1.165) is 22.3 Å². The summed E-state index contributed by atoms with van der Waals surface area (Å²) in [5.41, 5.74) is 2.46. The molecule has 0 amide bonds. The molecule has 20 heavy (non-hydrogen) atoms. The minimum atomic E-state index is 0.111. The zero-order valence-corrected chi connectivity index (χ0v) is 13.5. The van der Waals surface area contributed by atoms with Crippen LogP contribution in [0.25, 0.3) is 0 Å². The van der Waals surface area contributed by atoms with Gasteiger partial charge in [-0.05, 0) is 50.6 Å². The summed E-state index contributed by atoms with van der Waals surface area (Å²) in [6, 6.07) is 2.17. The Hall–Kier alpha value is -1.40. The van der Waals surface area contributed by atoms with Gasteiger partial charge in [0.1, 0.15) is 11.4 Å². The van der Waals surface area contributed by atoms with Crippen LogP contribution in [0.2, 0.25) is 0 Å². The van der Waals surface area contributed by atoms with Gasteiger partial charge in [-0.25, -0.2) is 4.98 Å². The minimum absolute atomic E-state index is 0.111. The van der Waals surface area contributed by atoms with Crippen molar-refractivity contribution in [1.29, 1.82) is 0 Å². The number of pyridine rings is 1. The van der Waals surface area contributed by atoms with Gasteiger partial charge in [0.2, 0.25) is 0 Å². The monoisotopic (exact) mass is 291 g/mol. The Labute approximate surface area is 124 Å². The molecule has 0 saturated carbocycles. The first-order chi connectivity index (χ1) is 9.35. The highest BCUT2D eigenvalue weighted by Gasteiger charge is 2.11. The van der Waals surface area contributed by atoms with Crippen LogP contribution in [-0.4, -0.2) is 25.3 Å². The Morgan fingerprint density at radius 2 is 2.10 bits per heavy atom. The van der Waals surface area contributed by atoms with Gasteiger partial charge in [-0.3, -0.25) is 0 Å². The fourth-order valence-electron chi connectivity index (χ4n) is 1.64. The lowest BCUT2D eigenvalue weighted by Gasteiger charge is -2.20. The molecule has 2 rings (SSSR count). The van der Waals surface area contributed by atoms with Gasteiger partial charge >= 0.3 is 0 Å². The van der Waals surface area contributed by atoms with Crippen LogP contribution in [0.15, 0.2) is 28.8 Å². The molecule has 0 aromatic carbocycles. The van der Waals surface area contributed by atoms with Crippen molar-refractivity contribution in [2.75, 3.05) is 0 Å². The summed E-state index contributed by atoms with van der Waals surface area (Å²) in [5.74, 6) is 0. The molecule has 0 unspecified atom stereocenters. The van der Waals surface area contributed by atoms with E-state index in [1.807, 2.05) is 17.8 Å². The second-order valence-corrected chi connectivity index (χ2v) is 6.85. The standard InChI is InChI=1S/C14H21N5S/c1-10-6-11(8-16-14(2,3)4)7-15-12(10)20-13-18-17-9-19(13)5/h6-7,9,16H,8H2,1-5H3. The van der Waals surface area contributed by atoms with Gasteiger partial charge in [0.15, 0.2) is 5.16 Å². The molecule has 2 heterocycles. The molecule has 1 N–H and O–H groups in total. The van der Waals surface area contributed by atoms with Crippen LogP contribution in [0.4, 0.5) is 0 Å². The maximum absolute atomic E-state index is 4.54. The van der Waals surface area contributed by atoms with Crippen LogP contribution in [0, 0.1) is 6.92 Å². The predicted molar refractivity (Wildman–Crippen MR) is 80.7 cm³/mol. The van der Waals surface area contributed by atoms with Crippen LogP contribution in [0.5, 0.6) is 0 Å². The van der Waals surface area contributed by atoms with Crippen molar-refractivity contribution in [3.8, 4) is 0 Å². The summed E-state index contributed by atoms with van der Waals surface area (Å²) in [6.07, 6.45) is 3.61. The van der Waals surface area contributed by atoms with Crippen LogP contribution in [0.1, 0.15) is 31.9 Å². The first kappa shape index (κ1) is 15.0. The van der Waals surface area contributed by atoms with Crippen molar-refractivity contribution in [2.24, 2.45) is 7.05 Å². The third kappa shape index (κ3) is 4.05. The second kappa shape index (κ2) is 5.93. The molecule has 108 valence electrons. The Kier molecular flexibility index (Phi) is 4.45. The van der Waals surface area contributed by atoms with Gasteiger partial charge in [-0.2, -0.15) is 0 Å². The third-order valence-corrected chi connectivity index (χ3v) is 3.94. The maximum atomic E-state index is 4.54. The normalized spacial score (nSPS) is 11.8. The average molecular weight is 291 g/mol. The summed E-state index contributed by atoms with van der Waals surface area (Å²) in [4.78, 5) is 4.54. The molecule has 0 aliphatic carbocycles. The zero-order valence-electron chi connectivity index (χ0n) is 12.6. The molecule has 0 spiro atoms. The van der Waals surface area contributed by atoms with E-state index in [1.165, 1.54) is 17.3 Å². The van der Waals surface area contributed by atoms with Gasteiger partial charge in [-0.15, -0.1) is 10.2 Å². The van der Waals surface area contributed by atoms with Crippen LogP contribution < -0.4 is 5.32 Å². The number of hydrogen-bond acceptors (Lipinski definition) is 5.